The third-order valence-corrected chi connectivity index (χ3v) is 3.06. The Morgan fingerprint density at radius 1 is 1.37 bits per heavy atom. The summed E-state index contributed by atoms with van der Waals surface area (Å²) in [5.74, 6) is -0.459. The molecule has 0 unspecified atom stereocenters. The van der Waals surface area contributed by atoms with Crippen molar-refractivity contribution in [2.45, 2.75) is 26.8 Å². The van der Waals surface area contributed by atoms with Crippen molar-refractivity contribution < 1.29 is 9.59 Å². The number of aromatic nitrogens is 1. The number of anilines is 2. The SMILES string of the molecule is CCNC(=O)CNC(=O)c1sc(NC(C)C)nc1N. The van der Waals surface area contributed by atoms with Gasteiger partial charge in [0.15, 0.2) is 5.13 Å². The van der Waals surface area contributed by atoms with Crippen LogP contribution in [0.5, 0.6) is 0 Å². The molecule has 1 heterocycles. The smallest absolute Gasteiger partial charge is 0.265 e. The van der Waals surface area contributed by atoms with Crippen LogP contribution in [0.4, 0.5) is 10.9 Å². The van der Waals surface area contributed by atoms with Crippen LogP contribution in [0.25, 0.3) is 0 Å². The van der Waals surface area contributed by atoms with Crippen LogP contribution in [-0.2, 0) is 4.79 Å². The summed E-state index contributed by atoms with van der Waals surface area (Å²) in [6, 6.07) is 0.205. The number of amides is 2. The first-order valence-corrected chi connectivity index (χ1v) is 6.83. The van der Waals surface area contributed by atoms with E-state index in [1.54, 1.807) is 0 Å². The van der Waals surface area contributed by atoms with Gasteiger partial charge in [0.2, 0.25) is 5.91 Å². The van der Waals surface area contributed by atoms with Crippen LogP contribution < -0.4 is 21.7 Å². The van der Waals surface area contributed by atoms with Crippen LogP contribution in [0, 0.1) is 0 Å². The first kappa shape index (κ1) is 15.2. The topological polar surface area (TPSA) is 109 Å². The summed E-state index contributed by atoms with van der Waals surface area (Å²) >= 11 is 1.17. The highest BCUT2D eigenvalue weighted by atomic mass is 32.1. The summed E-state index contributed by atoms with van der Waals surface area (Å²) in [6.07, 6.45) is 0. The second kappa shape index (κ2) is 6.93. The molecule has 19 heavy (non-hydrogen) atoms. The molecule has 0 bridgehead atoms. The van der Waals surface area contributed by atoms with Gasteiger partial charge in [-0.25, -0.2) is 4.98 Å². The Kier molecular flexibility index (Phi) is 5.56. The van der Waals surface area contributed by atoms with Crippen molar-refractivity contribution in [3.63, 3.8) is 0 Å². The van der Waals surface area contributed by atoms with E-state index in [-0.39, 0.29) is 24.3 Å². The maximum atomic E-state index is 11.8. The third-order valence-electron chi connectivity index (χ3n) is 2.06. The molecule has 2 amide bonds. The van der Waals surface area contributed by atoms with E-state index in [1.807, 2.05) is 20.8 Å². The maximum Gasteiger partial charge on any atom is 0.265 e. The summed E-state index contributed by atoms with van der Waals surface area (Å²) in [5, 5.41) is 8.76. The zero-order chi connectivity index (χ0) is 14.4. The molecule has 0 saturated carbocycles. The van der Waals surface area contributed by atoms with Crippen molar-refractivity contribution in [2.24, 2.45) is 0 Å². The van der Waals surface area contributed by atoms with Crippen LogP contribution in [0.2, 0.25) is 0 Å². The quantitative estimate of drug-likeness (QED) is 0.605. The lowest BCUT2D eigenvalue weighted by atomic mass is 10.4. The molecular formula is C11H19N5O2S. The predicted octanol–water partition coefficient (Wildman–Crippen LogP) is 0.411. The predicted molar refractivity (Wildman–Crippen MR) is 76.3 cm³/mol. The van der Waals surface area contributed by atoms with Gasteiger partial charge in [0.05, 0.1) is 6.54 Å². The van der Waals surface area contributed by atoms with Gasteiger partial charge >= 0.3 is 0 Å². The Morgan fingerprint density at radius 2 is 2.05 bits per heavy atom. The standard InChI is InChI=1S/C11H19N5O2S/c1-4-13-7(17)5-14-10(18)8-9(12)16-11(19-8)15-6(2)3/h6H,4-5,12H2,1-3H3,(H,13,17)(H,14,18)(H,15,16). The zero-order valence-electron chi connectivity index (χ0n) is 11.2. The number of rotatable bonds is 6. The van der Waals surface area contributed by atoms with E-state index in [1.165, 1.54) is 11.3 Å². The summed E-state index contributed by atoms with van der Waals surface area (Å²) in [5.41, 5.74) is 5.68. The fourth-order valence-electron chi connectivity index (χ4n) is 1.30. The number of nitrogens with zero attached hydrogens (tertiary/aromatic N) is 1. The molecule has 1 aromatic heterocycles. The zero-order valence-corrected chi connectivity index (χ0v) is 12.1. The van der Waals surface area contributed by atoms with E-state index >= 15 is 0 Å². The van der Waals surface area contributed by atoms with Gasteiger partial charge in [-0.15, -0.1) is 0 Å². The monoisotopic (exact) mass is 285 g/mol. The second-order valence-corrected chi connectivity index (χ2v) is 5.17. The third kappa shape index (κ3) is 4.74. The number of nitrogens with two attached hydrogens (primary N) is 1. The Balaban J connectivity index is 2.61. The molecule has 0 fully saturated rings. The molecule has 0 atom stereocenters. The van der Waals surface area contributed by atoms with Gasteiger partial charge in [-0.2, -0.15) is 0 Å². The first-order chi connectivity index (χ1) is 8.93. The number of thiazole rings is 1. The average molecular weight is 285 g/mol. The first-order valence-electron chi connectivity index (χ1n) is 6.01. The lowest BCUT2D eigenvalue weighted by Crippen LogP contribution is -2.36. The van der Waals surface area contributed by atoms with Gasteiger partial charge < -0.3 is 21.7 Å². The Bertz CT molecular complexity index is 458. The molecule has 1 aromatic rings. The van der Waals surface area contributed by atoms with E-state index in [4.69, 9.17) is 5.73 Å². The highest BCUT2D eigenvalue weighted by Gasteiger charge is 2.17. The largest absolute Gasteiger partial charge is 0.382 e. The molecule has 8 heteroatoms. The van der Waals surface area contributed by atoms with Gasteiger partial charge in [-0.3, -0.25) is 9.59 Å². The van der Waals surface area contributed by atoms with E-state index < -0.39 is 5.91 Å². The minimum atomic E-state index is -0.391. The Morgan fingerprint density at radius 3 is 2.63 bits per heavy atom. The number of hydrogen-bond acceptors (Lipinski definition) is 6. The Hall–Kier alpha value is -1.83. The van der Waals surface area contributed by atoms with Crippen molar-refractivity contribution in [2.75, 3.05) is 24.1 Å². The lowest BCUT2D eigenvalue weighted by molar-refractivity contribution is -0.120. The van der Waals surface area contributed by atoms with E-state index in [2.05, 4.69) is 20.9 Å². The van der Waals surface area contributed by atoms with Crippen LogP contribution in [0.1, 0.15) is 30.4 Å². The fraction of sp³-hybridized carbons (Fsp3) is 0.545. The van der Waals surface area contributed by atoms with Gasteiger partial charge in [0.1, 0.15) is 10.7 Å². The van der Waals surface area contributed by atoms with Crippen LogP contribution in [-0.4, -0.2) is 35.9 Å². The lowest BCUT2D eigenvalue weighted by Gasteiger charge is -2.04. The molecular weight excluding hydrogens is 266 g/mol. The number of hydrogen-bond donors (Lipinski definition) is 4. The number of nitrogens with one attached hydrogen (secondary N) is 3. The molecule has 0 spiro atoms. The normalized spacial score (nSPS) is 10.3. The number of likely N-dealkylation sites (N-methyl/N-ethyl adjacent to an activating group) is 1. The van der Waals surface area contributed by atoms with Gasteiger partial charge in [0.25, 0.3) is 5.91 Å². The fourth-order valence-corrected chi connectivity index (χ4v) is 2.25. The number of carbonyl (C=O) groups excluding carboxylic acids is 2. The van der Waals surface area contributed by atoms with Crippen molar-refractivity contribution in [1.29, 1.82) is 0 Å². The van der Waals surface area contributed by atoms with E-state index in [9.17, 15) is 9.59 Å². The molecule has 0 aliphatic rings. The molecule has 0 saturated heterocycles. The van der Waals surface area contributed by atoms with Crippen molar-refractivity contribution in [3.05, 3.63) is 4.88 Å². The second-order valence-electron chi connectivity index (χ2n) is 4.17. The molecule has 106 valence electrons. The van der Waals surface area contributed by atoms with Crippen molar-refractivity contribution in [1.82, 2.24) is 15.6 Å². The van der Waals surface area contributed by atoms with Crippen molar-refractivity contribution in [3.8, 4) is 0 Å². The molecule has 0 aliphatic heterocycles. The van der Waals surface area contributed by atoms with Crippen LogP contribution in [0.15, 0.2) is 0 Å². The number of carbonyl (C=O) groups is 2. The molecule has 1 rings (SSSR count). The van der Waals surface area contributed by atoms with Gasteiger partial charge in [-0.1, -0.05) is 11.3 Å². The molecule has 0 aliphatic carbocycles. The summed E-state index contributed by atoms with van der Waals surface area (Å²) in [7, 11) is 0. The average Bonchev–Trinajstić information content (AvgIpc) is 2.66. The van der Waals surface area contributed by atoms with Crippen LogP contribution >= 0.6 is 11.3 Å². The van der Waals surface area contributed by atoms with E-state index in [0.717, 1.165) is 0 Å². The summed E-state index contributed by atoms with van der Waals surface area (Å²) in [4.78, 5) is 27.4. The summed E-state index contributed by atoms with van der Waals surface area (Å²) in [6.45, 7) is 6.19. The minimum absolute atomic E-state index is 0.0725. The maximum absolute atomic E-state index is 11.8. The Labute approximate surface area is 116 Å². The number of nitrogen functional groups attached to an aromatic ring is 1. The molecule has 5 N–H and O–H groups in total. The molecule has 0 aromatic carbocycles. The van der Waals surface area contributed by atoms with Gasteiger partial charge in [0, 0.05) is 12.6 Å². The molecule has 0 radical (unpaired) electrons. The van der Waals surface area contributed by atoms with E-state index in [0.29, 0.717) is 16.6 Å². The summed E-state index contributed by atoms with van der Waals surface area (Å²) < 4.78 is 0. The van der Waals surface area contributed by atoms with Crippen LogP contribution in [0.3, 0.4) is 0 Å². The highest BCUT2D eigenvalue weighted by Crippen LogP contribution is 2.25. The van der Waals surface area contributed by atoms with Gasteiger partial charge in [-0.05, 0) is 20.8 Å². The van der Waals surface area contributed by atoms with Crippen molar-refractivity contribution >= 4 is 34.1 Å². The minimum Gasteiger partial charge on any atom is -0.382 e. The molecule has 7 nitrogen and oxygen atoms in total. The highest BCUT2D eigenvalue weighted by molar-refractivity contribution is 7.18.